The van der Waals surface area contributed by atoms with Crippen molar-refractivity contribution in [3.05, 3.63) is 0 Å². The maximum absolute atomic E-state index is 11.4. The summed E-state index contributed by atoms with van der Waals surface area (Å²) in [7, 11) is 0. The molecule has 22 heavy (non-hydrogen) atoms. The minimum Gasteiger partial charge on any atom is -0.390 e. The lowest BCUT2D eigenvalue weighted by atomic mass is 9.43. The van der Waals surface area contributed by atoms with Crippen molar-refractivity contribution in [3.8, 4) is 0 Å². The predicted molar refractivity (Wildman–Crippen MR) is 85.3 cm³/mol. The lowest BCUT2D eigenvalue weighted by molar-refractivity contribution is -0.267. The smallest absolute Gasteiger partial charge is 0.129 e. The summed E-state index contributed by atoms with van der Waals surface area (Å²) in [5.41, 5.74) is -1.72. The van der Waals surface area contributed by atoms with Crippen LogP contribution in [0.3, 0.4) is 0 Å². The molecule has 0 amide bonds. The Morgan fingerprint density at radius 1 is 1.14 bits per heavy atom. The molecule has 2 saturated carbocycles. The normalized spacial score (nSPS) is 47.8. The molecule has 2 aliphatic carbocycles. The van der Waals surface area contributed by atoms with Crippen molar-refractivity contribution in [3.63, 3.8) is 0 Å². The quantitative estimate of drug-likeness (QED) is 0.747. The molecule has 4 heteroatoms. The lowest BCUT2D eigenvalue weighted by Gasteiger charge is -2.64. The molecular formula is C18H32O4. The Morgan fingerprint density at radius 2 is 1.73 bits per heavy atom. The summed E-state index contributed by atoms with van der Waals surface area (Å²) < 4.78 is 0. The van der Waals surface area contributed by atoms with E-state index in [0.29, 0.717) is 12.8 Å². The van der Waals surface area contributed by atoms with Gasteiger partial charge < -0.3 is 20.1 Å². The Kier molecular flexibility index (Phi) is 4.53. The van der Waals surface area contributed by atoms with Gasteiger partial charge in [0.15, 0.2) is 0 Å². The highest BCUT2D eigenvalue weighted by Crippen LogP contribution is 2.62. The first-order valence-electron chi connectivity index (χ1n) is 8.52. The molecule has 0 spiro atoms. The van der Waals surface area contributed by atoms with Crippen LogP contribution < -0.4 is 0 Å². The molecule has 3 N–H and O–H groups in total. The molecule has 2 rings (SSSR count). The summed E-state index contributed by atoms with van der Waals surface area (Å²) in [4.78, 5) is 11.4. The first-order chi connectivity index (χ1) is 9.94. The van der Waals surface area contributed by atoms with Crippen molar-refractivity contribution in [2.24, 2.45) is 22.7 Å². The van der Waals surface area contributed by atoms with Crippen LogP contribution in [0.4, 0.5) is 0 Å². The Labute approximate surface area is 133 Å². The Balaban J connectivity index is 2.46. The van der Waals surface area contributed by atoms with E-state index in [2.05, 4.69) is 20.8 Å². The molecule has 0 aliphatic heterocycles. The average molecular weight is 312 g/mol. The Hall–Kier alpha value is -0.450. The fraction of sp³-hybridized carbons (Fsp3) is 0.944. The van der Waals surface area contributed by atoms with Gasteiger partial charge in [-0.05, 0) is 55.8 Å². The van der Waals surface area contributed by atoms with E-state index in [1.54, 1.807) is 13.8 Å². The van der Waals surface area contributed by atoms with Gasteiger partial charge in [-0.1, -0.05) is 27.2 Å². The zero-order chi connectivity index (χ0) is 16.9. The van der Waals surface area contributed by atoms with Crippen LogP contribution in [0, 0.1) is 22.7 Å². The zero-order valence-electron chi connectivity index (χ0n) is 14.6. The van der Waals surface area contributed by atoms with E-state index < -0.39 is 17.8 Å². The number of Topliss-reactive ketones (excluding diaryl/α,β-unsaturated/α-hetero) is 1. The van der Waals surface area contributed by atoms with E-state index >= 15 is 0 Å². The third-order valence-electron chi connectivity index (χ3n) is 6.64. The van der Waals surface area contributed by atoms with Crippen molar-refractivity contribution >= 4 is 5.78 Å². The van der Waals surface area contributed by atoms with Gasteiger partial charge in [0.1, 0.15) is 11.9 Å². The molecule has 0 radical (unpaired) electrons. The van der Waals surface area contributed by atoms with Crippen LogP contribution in [0.15, 0.2) is 0 Å². The summed E-state index contributed by atoms with van der Waals surface area (Å²) in [6.07, 6.45) is 1.86. The zero-order valence-corrected chi connectivity index (χ0v) is 14.6. The van der Waals surface area contributed by atoms with Crippen molar-refractivity contribution in [1.29, 1.82) is 0 Å². The third kappa shape index (κ3) is 2.63. The molecule has 0 heterocycles. The number of hydrogen-bond donors (Lipinski definition) is 3. The van der Waals surface area contributed by atoms with E-state index in [4.69, 9.17) is 0 Å². The van der Waals surface area contributed by atoms with E-state index in [9.17, 15) is 20.1 Å². The fourth-order valence-corrected chi connectivity index (χ4v) is 5.74. The van der Waals surface area contributed by atoms with E-state index in [1.807, 2.05) is 0 Å². The van der Waals surface area contributed by atoms with Crippen LogP contribution in [-0.2, 0) is 4.79 Å². The molecular weight excluding hydrogens is 280 g/mol. The van der Waals surface area contributed by atoms with Gasteiger partial charge in [0, 0.05) is 6.42 Å². The lowest BCUT2D eigenvalue weighted by Crippen LogP contribution is -2.69. The van der Waals surface area contributed by atoms with Crippen LogP contribution in [0.5, 0.6) is 0 Å². The molecule has 2 fully saturated rings. The van der Waals surface area contributed by atoms with Gasteiger partial charge in [0.05, 0.1) is 11.7 Å². The van der Waals surface area contributed by atoms with Gasteiger partial charge >= 0.3 is 0 Å². The fourth-order valence-electron chi connectivity index (χ4n) is 5.74. The molecule has 2 aliphatic rings. The average Bonchev–Trinajstić information content (AvgIpc) is 2.34. The number of carbonyl (C=O) groups excluding carboxylic acids is 1. The van der Waals surface area contributed by atoms with Crippen molar-refractivity contribution in [1.82, 2.24) is 0 Å². The molecule has 0 aromatic carbocycles. The molecule has 0 aromatic rings. The number of aliphatic hydroxyl groups excluding tert-OH is 2. The van der Waals surface area contributed by atoms with Crippen molar-refractivity contribution in [2.45, 2.75) is 84.5 Å². The number of ketones is 1. The molecule has 128 valence electrons. The number of rotatable bonds is 3. The molecule has 4 nitrogen and oxygen atoms in total. The number of fused-ring (bicyclic) bond motifs is 1. The topological polar surface area (TPSA) is 77.8 Å². The maximum Gasteiger partial charge on any atom is 0.129 e. The van der Waals surface area contributed by atoms with Crippen LogP contribution in [0.2, 0.25) is 0 Å². The van der Waals surface area contributed by atoms with E-state index in [-0.39, 0.29) is 28.4 Å². The minimum absolute atomic E-state index is 0.0686. The number of hydrogen-bond acceptors (Lipinski definition) is 4. The highest BCUT2D eigenvalue weighted by atomic mass is 16.4. The first kappa shape index (κ1) is 17.9. The molecule has 0 aromatic heterocycles. The maximum atomic E-state index is 11.4. The Bertz CT molecular complexity index is 442. The third-order valence-corrected chi connectivity index (χ3v) is 6.64. The van der Waals surface area contributed by atoms with Crippen LogP contribution in [0.1, 0.15) is 66.7 Å². The highest BCUT2D eigenvalue weighted by molar-refractivity contribution is 5.75. The first-order valence-corrected chi connectivity index (χ1v) is 8.52. The van der Waals surface area contributed by atoms with Gasteiger partial charge in [-0.15, -0.1) is 0 Å². The van der Waals surface area contributed by atoms with Gasteiger partial charge in [-0.25, -0.2) is 0 Å². The van der Waals surface area contributed by atoms with E-state index in [0.717, 1.165) is 19.3 Å². The van der Waals surface area contributed by atoms with Gasteiger partial charge in [0.25, 0.3) is 0 Å². The van der Waals surface area contributed by atoms with Crippen LogP contribution >= 0.6 is 0 Å². The van der Waals surface area contributed by atoms with Crippen LogP contribution in [0.25, 0.3) is 0 Å². The van der Waals surface area contributed by atoms with Crippen molar-refractivity contribution < 1.29 is 20.1 Å². The summed E-state index contributed by atoms with van der Waals surface area (Å²) in [5.74, 6) is -0.153. The second-order valence-corrected chi connectivity index (χ2v) is 8.78. The summed E-state index contributed by atoms with van der Waals surface area (Å²) >= 11 is 0. The Morgan fingerprint density at radius 3 is 2.27 bits per heavy atom. The van der Waals surface area contributed by atoms with E-state index in [1.165, 1.54) is 0 Å². The molecule has 6 atom stereocenters. The van der Waals surface area contributed by atoms with Crippen molar-refractivity contribution in [2.75, 3.05) is 0 Å². The predicted octanol–water partition coefficient (Wildman–Crippen LogP) is 2.29. The number of aliphatic hydroxyl groups is 3. The standard InChI is InChI=1S/C18H32O4/c1-11(19)7-8-12-17(4)10-6-9-16(2,3)14(17)13(20)15(21)18(12,5)22/h12-15,20-22H,6-10H2,1-5H3/t12-,13-,14+,15+,17-,18+/m1/s1. The molecule has 0 saturated heterocycles. The van der Waals surface area contributed by atoms with Gasteiger partial charge in [0.2, 0.25) is 0 Å². The number of carbonyl (C=O) groups is 1. The second kappa shape index (κ2) is 5.57. The molecule has 0 unspecified atom stereocenters. The summed E-state index contributed by atoms with van der Waals surface area (Å²) in [6, 6.07) is 0. The minimum atomic E-state index is -1.37. The summed E-state index contributed by atoms with van der Waals surface area (Å²) in [6.45, 7) is 9.61. The monoisotopic (exact) mass is 312 g/mol. The van der Waals surface area contributed by atoms with Crippen LogP contribution in [-0.4, -0.2) is 38.9 Å². The molecule has 0 bridgehead atoms. The largest absolute Gasteiger partial charge is 0.390 e. The van der Waals surface area contributed by atoms with Gasteiger partial charge in [-0.2, -0.15) is 0 Å². The second-order valence-electron chi connectivity index (χ2n) is 8.78. The highest BCUT2D eigenvalue weighted by Gasteiger charge is 2.64. The summed E-state index contributed by atoms with van der Waals surface area (Å²) in [5, 5.41) is 32.2. The van der Waals surface area contributed by atoms with Gasteiger partial charge in [-0.3, -0.25) is 0 Å². The SMILES string of the molecule is CC(=O)CC[C@H]1[C@](C)(O)[C@@H](O)[C@H](O)[C@H]2C(C)(C)CCC[C@@]21C.